The first-order valence-corrected chi connectivity index (χ1v) is 10.1. The first-order valence-electron chi connectivity index (χ1n) is 9.67. The van der Waals surface area contributed by atoms with E-state index in [1.54, 1.807) is 49.6 Å². The molecule has 2 bridgehead atoms. The molecular formula is C22H23ClFN2O3+. The van der Waals surface area contributed by atoms with E-state index in [1.807, 2.05) is 0 Å². The van der Waals surface area contributed by atoms with Crippen LogP contribution in [0.25, 0.3) is 6.08 Å². The second-order valence-corrected chi connectivity index (χ2v) is 7.76. The first kappa shape index (κ1) is 19.7. The molecule has 0 spiro atoms. The van der Waals surface area contributed by atoms with Crippen LogP contribution in [0.2, 0.25) is 5.02 Å². The number of piperidine rings is 3. The SMILES string of the molecule is COc1ccc(NC(=O)O[C@@H]2C(=Cc3c(F)cccc3Cl)[NH+]3CCC2CC3)cc1. The number of anilines is 1. The van der Waals surface area contributed by atoms with Gasteiger partial charge in [0.15, 0.2) is 6.10 Å². The highest BCUT2D eigenvalue weighted by atomic mass is 35.5. The number of quaternary nitrogens is 1. The molecular weight excluding hydrogens is 395 g/mol. The van der Waals surface area contributed by atoms with E-state index in [4.69, 9.17) is 21.1 Å². The van der Waals surface area contributed by atoms with Crippen molar-refractivity contribution in [2.24, 2.45) is 5.92 Å². The Morgan fingerprint density at radius 2 is 1.93 bits per heavy atom. The fourth-order valence-electron chi connectivity index (χ4n) is 4.12. The lowest BCUT2D eigenvalue weighted by atomic mass is 9.82. The first-order chi connectivity index (χ1) is 14.0. The van der Waals surface area contributed by atoms with Gasteiger partial charge in [-0.1, -0.05) is 17.7 Å². The van der Waals surface area contributed by atoms with E-state index in [0.717, 1.165) is 31.6 Å². The van der Waals surface area contributed by atoms with Gasteiger partial charge in [0.25, 0.3) is 0 Å². The molecule has 1 atom stereocenters. The molecule has 0 saturated carbocycles. The number of hydrogen-bond acceptors (Lipinski definition) is 3. The number of rotatable bonds is 4. The normalized spacial score (nSPS) is 24.4. The van der Waals surface area contributed by atoms with Crippen LogP contribution in [0.3, 0.4) is 0 Å². The predicted octanol–water partition coefficient (Wildman–Crippen LogP) is 3.75. The maximum Gasteiger partial charge on any atom is 0.412 e. The fourth-order valence-corrected chi connectivity index (χ4v) is 4.34. The van der Waals surface area contributed by atoms with Gasteiger partial charge in [-0.25, -0.2) is 9.18 Å². The van der Waals surface area contributed by atoms with Gasteiger partial charge in [-0.3, -0.25) is 5.32 Å². The minimum Gasteiger partial charge on any atom is -0.497 e. The van der Waals surface area contributed by atoms with Crippen LogP contribution in [0.1, 0.15) is 18.4 Å². The highest BCUT2D eigenvalue weighted by Gasteiger charge is 2.44. The second-order valence-electron chi connectivity index (χ2n) is 7.36. The highest BCUT2D eigenvalue weighted by Crippen LogP contribution is 2.30. The second kappa shape index (κ2) is 8.43. The molecule has 3 aliphatic heterocycles. The van der Waals surface area contributed by atoms with Crippen LogP contribution in [0.15, 0.2) is 48.2 Å². The number of nitrogens with one attached hydrogen (secondary N) is 2. The molecule has 2 aromatic rings. The molecule has 0 aliphatic carbocycles. The van der Waals surface area contributed by atoms with Crippen molar-refractivity contribution in [3.63, 3.8) is 0 Å². The average molecular weight is 418 g/mol. The summed E-state index contributed by atoms with van der Waals surface area (Å²) < 4.78 is 25.3. The molecule has 2 aromatic carbocycles. The Labute approximate surface area is 174 Å². The zero-order chi connectivity index (χ0) is 20.4. The van der Waals surface area contributed by atoms with Crippen LogP contribution in [0.5, 0.6) is 5.75 Å². The van der Waals surface area contributed by atoms with Crippen LogP contribution in [0.4, 0.5) is 14.9 Å². The summed E-state index contributed by atoms with van der Waals surface area (Å²) in [5.41, 5.74) is 1.84. The topological polar surface area (TPSA) is 52.0 Å². The number of benzene rings is 2. The molecule has 1 amide bonds. The Morgan fingerprint density at radius 1 is 1.21 bits per heavy atom. The predicted molar refractivity (Wildman–Crippen MR) is 110 cm³/mol. The van der Waals surface area contributed by atoms with E-state index < -0.39 is 12.2 Å². The smallest absolute Gasteiger partial charge is 0.412 e. The van der Waals surface area contributed by atoms with Crippen molar-refractivity contribution in [1.82, 2.24) is 0 Å². The van der Waals surface area contributed by atoms with Gasteiger partial charge in [0.1, 0.15) is 17.3 Å². The largest absolute Gasteiger partial charge is 0.497 e. The monoisotopic (exact) mass is 417 g/mol. The summed E-state index contributed by atoms with van der Waals surface area (Å²) >= 11 is 6.21. The summed E-state index contributed by atoms with van der Waals surface area (Å²) in [6.07, 6.45) is 2.76. The summed E-state index contributed by atoms with van der Waals surface area (Å²) in [4.78, 5) is 13.8. The molecule has 3 aliphatic rings. The van der Waals surface area contributed by atoms with E-state index in [2.05, 4.69) is 5.32 Å². The Morgan fingerprint density at radius 3 is 2.59 bits per heavy atom. The summed E-state index contributed by atoms with van der Waals surface area (Å²) in [5.74, 6) is 0.552. The van der Waals surface area contributed by atoms with E-state index in [1.165, 1.54) is 11.0 Å². The number of hydrogen-bond donors (Lipinski definition) is 2. The number of fused-ring (bicyclic) bond motifs is 3. The van der Waals surface area contributed by atoms with Crippen molar-refractivity contribution < 1.29 is 23.6 Å². The van der Waals surface area contributed by atoms with Gasteiger partial charge < -0.3 is 14.4 Å². The Balaban J connectivity index is 1.55. The molecule has 152 valence electrons. The molecule has 5 nitrogen and oxygen atoms in total. The minimum absolute atomic E-state index is 0.228. The van der Waals surface area contributed by atoms with Gasteiger partial charge >= 0.3 is 6.09 Å². The number of amides is 1. The fraction of sp³-hybridized carbons (Fsp3) is 0.318. The summed E-state index contributed by atoms with van der Waals surface area (Å²) in [5, 5.41) is 3.10. The van der Waals surface area contributed by atoms with Crippen molar-refractivity contribution in [3.8, 4) is 5.75 Å². The lowest BCUT2D eigenvalue weighted by molar-refractivity contribution is -0.880. The quantitative estimate of drug-likeness (QED) is 0.796. The van der Waals surface area contributed by atoms with Crippen molar-refractivity contribution >= 4 is 29.5 Å². The molecule has 2 N–H and O–H groups in total. The van der Waals surface area contributed by atoms with Crippen LogP contribution in [-0.2, 0) is 4.74 Å². The summed E-state index contributed by atoms with van der Waals surface area (Å²) in [7, 11) is 1.59. The number of carbonyl (C=O) groups excluding carboxylic acids is 1. The van der Waals surface area contributed by atoms with Gasteiger partial charge in [-0.15, -0.1) is 0 Å². The van der Waals surface area contributed by atoms with E-state index in [0.29, 0.717) is 22.0 Å². The van der Waals surface area contributed by atoms with Gasteiger partial charge in [-0.2, -0.15) is 0 Å². The zero-order valence-electron chi connectivity index (χ0n) is 16.1. The van der Waals surface area contributed by atoms with Crippen molar-refractivity contribution in [1.29, 1.82) is 0 Å². The Hall–Kier alpha value is -2.57. The highest BCUT2D eigenvalue weighted by molar-refractivity contribution is 6.32. The van der Waals surface area contributed by atoms with Crippen LogP contribution in [-0.4, -0.2) is 32.4 Å². The number of carbonyl (C=O) groups is 1. The van der Waals surface area contributed by atoms with Crippen molar-refractivity contribution in [2.75, 3.05) is 25.5 Å². The van der Waals surface area contributed by atoms with Crippen LogP contribution in [0, 0.1) is 11.7 Å². The minimum atomic E-state index is -0.529. The average Bonchev–Trinajstić information content (AvgIpc) is 2.73. The summed E-state index contributed by atoms with van der Waals surface area (Å²) in [6, 6.07) is 11.6. The van der Waals surface area contributed by atoms with Gasteiger partial charge in [0.05, 0.1) is 25.2 Å². The molecule has 0 unspecified atom stereocenters. The molecule has 29 heavy (non-hydrogen) atoms. The number of ether oxygens (including phenoxy) is 2. The molecule has 3 saturated heterocycles. The van der Waals surface area contributed by atoms with Crippen LogP contribution < -0.4 is 15.0 Å². The van der Waals surface area contributed by atoms with Gasteiger partial charge in [-0.05, 0) is 36.4 Å². The third-order valence-corrected chi connectivity index (χ3v) is 5.98. The third kappa shape index (κ3) is 4.23. The molecule has 0 aromatic heterocycles. The number of methoxy groups -OCH3 is 1. The molecule has 0 radical (unpaired) electrons. The van der Waals surface area contributed by atoms with E-state index in [9.17, 15) is 9.18 Å². The van der Waals surface area contributed by atoms with Crippen molar-refractivity contribution in [2.45, 2.75) is 18.9 Å². The Kier molecular flexibility index (Phi) is 5.74. The van der Waals surface area contributed by atoms with E-state index in [-0.39, 0.29) is 11.7 Å². The van der Waals surface area contributed by atoms with Gasteiger partial charge in [0.2, 0.25) is 0 Å². The standard InChI is InChI=1S/C22H22ClFN2O3/c1-28-16-7-5-15(6-8-16)25-22(27)29-21-14-9-11-26(12-10-14)20(21)13-17-18(23)3-2-4-19(17)24/h2-8,13-14,21H,9-12H2,1H3,(H,25,27)/p+1/t21-/m0/s1. The maximum atomic E-state index is 14.3. The molecule has 3 heterocycles. The van der Waals surface area contributed by atoms with Gasteiger partial charge in [0, 0.05) is 36.1 Å². The number of halogens is 2. The van der Waals surface area contributed by atoms with Crippen LogP contribution >= 0.6 is 11.6 Å². The third-order valence-electron chi connectivity index (χ3n) is 5.65. The zero-order valence-corrected chi connectivity index (χ0v) is 16.8. The lowest BCUT2D eigenvalue weighted by Gasteiger charge is -2.42. The summed E-state index contributed by atoms with van der Waals surface area (Å²) in [6.45, 7) is 1.89. The molecule has 5 rings (SSSR count). The Bertz CT molecular complexity index is 904. The maximum absolute atomic E-state index is 14.3. The van der Waals surface area contributed by atoms with Crippen molar-refractivity contribution in [3.05, 3.63) is 64.6 Å². The van der Waals surface area contributed by atoms with E-state index >= 15 is 0 Å². The lowest BCUT2D eigenvalue weighted by Crippen LogP contribution is -3.14. The molecule has 3 fully saturated rings. The molecule has 7 heteroatoms.